The van der Waals surface area contributed by atoms with E-state index in [2.05, 4.69) is 63.5 Å². The van der Waals surface area contributed by atoms with Crippen molar-refractivity contribution in [2.75, 3.05) is 0 Å². The maximum atomic E-state index is 4.07. The molecule has 0 aliphatic heterocycles. The van der Waals surface area contributed by atoms with Crippen molar-refractivity contribution in [1.29, 1.82) is 0 Å². The summed E-state index contributed by atoms with van der Waals surface area (Å²) in [6.07, 6.45) is 11.3. The van der Waals surface area contributed by atoms with E-state index in [-0.39, 0.29) is 0 Å². The first-order chi connectivity index (χ1) is 11.1. The SMILES string of the molecule is C=C/C=C/NC(Cc1cc(CCC)ccc1C1=CC1=C)C(C)C. The van der Waals surface area contributed by atoms with Crippen molar-refractivity contribution in [1.82, 2.24) is 5.32 Å². The van der Waals surface area contributed by atoms with E-state index in [0.717, 1.165) is 12.8 Å². The van der Waals surface area contributed by atoms with E-state index in [1.165, 1.54) is 34.3 Å². The summed E-state index contributed by atoms with van der Waals surface area (Å²) in [7, 11) is 0. The second kappa shape index (κ2) is 8.01. The summed E-state index contributed by atoms with van der Waals surface area (Å²) in [5.41, 5.74) is 6.72. The monoisotopic (exact) mass is 307 g/mol. The second-order valence-corrected chi connectivity index (χ2v) is 6.64. The molecule has 1 aromatic carbocycles. The number of nitrogens with one attached hydrogen (secondary N) is 1. The normalized spacial score (nSPS) is 15.0. The van der Waals surface area contributed by atoms with Gasteiger partial charge in [-0.3, -0.25) is 0 Å². The maximum Gasteiger partial charge on any atom is 0.0319 e. The fourth-order valence-corrected chi connectivity index (χ4v) is 2.88. The molecule has 0 fully saturated rings. The Morgan fingerprint density at radius 2 is 2.00 bits per heavy atom. The van der Waals surface area contributed by atoms with Crippen LogP contribution in [0, 0.1) is 5.92 Å². The van der Waals surface area contributed by atoms with Crippen LogP contribution in [0.25, 0.3) is 5.57 Å². The Labute approximate surface area is 141 Å². The molecule has 2 rings (SSSR count). The summed E-state index contributed by atoms with van der Waals surface area (Å²) in [5, 5.41) is 3.52. The molecular weight excluding hydrogens is 278 g/mol. The van der Waals surface area contributed by atoms with E-state index in [1.54, 1.807) is 6.08 Å². The Bertz CT molecular complexity index is 631. The molecule has 1 atom stereocenters. The Kier molecular flexibility index (Phi) is 6.04. The van der Waals surface area contributed by atoms with Crippen LogP contribution in [0.2, 0.25) is 0 Å². The Morgan fingerprint density at radius 3 is 2.57 bits per heavy atom. The van der Waals surface area contributed by atoms with Gasteiger partial charge in [0.2, 0.25) is 0 Å². The molecule has 1 heteroatoms. The first kappa shape index (κ1) is 17.3. The molecule has 122 valence electrons. The van der Waals surface area contributed by atoms with Gasteiger partial charge in [0.1, 0.15) is 0 Å². The zero-order valence-electron chi connectivity index (χ0n) is 14.7. The lowest BCUT2D eigenvalue weighted by molar-refractivity contribution is 0.438. The highest BCUT2D eigenvalue weighted by molar-refractivity contribution is 5.97. The minimum Gasteiger partial charge on any atom is -0.388 e. The minimum absolute atomic E-state index is 0.412. The molecule has 0 bridgehead atoms. The molecule has 1 N–H and O–H groups in total. The third-order valence-corrected chi connectivity index (χ3v) is 4.37. The summed E-state index contributed by atoms with van der Waals surface area (Å²) < 4.78 is 0. The lowest BCUT2D eigenvalue weighted by atomic mass is 9.90. The van der Waals surface area contributed by atoms with E-state index in [9.17, 15) is 0 Å². The van der Waals surface area contributed by atoms with Crippen molar-refractivity contribution in [2.24, 2.45) is 5.92 Å². The van der Waals surface area contributed by atoms with Crippen LogP contribution in [0.4, 0.5) is 0 Å². The van der Waals surface area contributed by atoms with E-state index in [0.29, 0.717) is 12.0 Å². The van der Waals surface area contributed by atoms with Crippen molar-refractivity contribution in [3.05, 3.63) is 78.0 Å². The molecule has 1 aliphatic carbocycles. The van der Waals surface area contributed by atoms with Crippen LogP contribution >= 0.6 is 0 Å². The zero-order chi connectivity index (χ0) is 16.8. The lowest BCUT2D eigenvalue weighted by Crippen LogP contribution is -2.32. The molecule has 0 spiro atoms. The van der Waals surface area contributed by atoms with Crippen LogP contribution in [-0.2, 0) is 12.8 Å². The predicted octanol–water partition coefficient (Wildman–Crippen LogP) is 5.45. The van der Waals surface area contributed by atoms with Crippen LogP contribution in [0.5, 0.6) is 0 Å². The van der Waals surface area contributed by atoms with Gasteiger partial charge in [0.05, 0.1) is 0 Å². The second-order valence-electron chi connectivity index (χ2n) is 6.64. The third kappa shape index (κ3) is 4.72. The van der Waals surface area contributed by atoms with Gasteiger partial charge in [-0.25, -0.2) is 0 Å². The number of benzene rings is 1. The Balaban J connectivity index is 2.24. The number of hydrogen-bond acceptors (Lipinski definition) is 1. The smallest absolute Gasteiger partial charge is 0.0319 e. The van der Waals surface area contributed by atoms with Gasteiger partial charge in [0.25, 0.3) is 0 Å². The number of rotatable bonds is 9. The first-order valence-electron chi connectivity index (χ1n) is 8.63. The molecule has 0 saturated carbocycles. The highest BCUT2D eigenvalue weighted by Gasteiger charge is 2.21. The average Bonchev–Trinajstić information content (AvgIpc) is 3.23. The molecule has 1 aromatic rings. The highest BCUT2D eigenvalue weighted by Crippen LogP contribution is 2.38. The first-order valence-corrected chi connectivity index (χ1v) is 8.63. The lowest BCUT2D eigenvalue weighted by Gasteiger charge is -2.23. The van der Waals surface area contributed by atoms with Gasteiger partial charge in [-0.05, 0) is 64.9 Å². The van der Waals surface area contributed by atoms with E-state index in [4.69, 9.17) is 0 Å². The van der Waals surface area contributed by atoms with Gasteiger partial charge >= 0.3 is 0 Å². The summed E-state index contributed by atoms with van der Waals surface area (Å²) >= 11 is 0. The molecular formula is C22H29N. The van der Waals surface area contributed by atoms with Crippen LogP contribution in [0.15, 0.2) is 61.4 Å². The van der Waals surface area contributed by atoms with Crippen LogP contribution in [0.1, 0.15) is 43.9 Å². The quantitative estimate of drug-likeness (QED) is 0.598. The van der Waals surface area contributed by atoms with Gasteiger partial charge in [-0.15, -0.1) is 0 Å². The topological polar surface area (TPSA) is 12.0 Å². The molecule has 1 nitrogen and oxygen atoms in total. The standard InChI is InChI=1S/C22H29N/c1-6-8-12-23-22(16(3)4)15-19-14-18(9-7-2)10-11-20(19)21-13-17(21)5/h6,8,10-14,16,22-23H,1,5,7,9,15H2,2-4H3/b12-8+. The predicted molar refractivity (Wildman–Crippen MR) is 102 cm³/mol. The molecule has 1 aliphatic rings. The zero-order valence-corrected chi connectivity index (χ0v) is 14.7. The van der Waals surface area contributed by atoms with E-state index >= 15 is 0 Å². The summed E-state index contributed by atoms with van der Waals surface area (Å²) in [6, 6.07) is 7.35. The summed E-state index contributed by atoms with van der Waals surface area (Å²) in [6.45, 7) is 14.6. The van der Waals surface area contributed by atoms with E-state index in [1.807, 2.05) is 12.3 Å². The summed E-state index contributed by atoms with van der Waals surface area (Å²) in [5.74, 6) is 0.559. The molecule has 0 heterocycles. The minimum atomic E-state index is 0.412. The van der Waals surface area contributed by atoms with E-state index < -0.39 is 0 Å². The van der Waals surface area contributed by atoms with Gasteiger partial charge in [0.15, 0.2) is 0 Å². The number of hydrogen-bond donors (Lipinski definition) is 1. The van der Waals surface area contributed by atoms with Gasteiger partial charge < -0.3 is 5.32 Å². The largest absolute Gasteiger partial charge is 0.388 e. The molecule has 23 heavy (non-hydrogen) atoms. The Hall–Kier alpha value is -2.02. The van der Waals surface area contributed by atoms with Crippen molar-refractivity contribution in [3.63, 3.8) is 0 Å². The molecule has 1 unspecified atom stereocenters. The van der Waals surface area contributed by atoms with Crippen molar-refractivity contribution in [2.45, 2.75) is 46.1 Å². The molecule has 0 saturated heterocycles. The molecule has 0 amide bonds. The Morgan fingerprint density at radius 1 is 1.26 bits per heavy atom. The van der Waals surface area contributed by atoms with Gasteiger partial charge in [0, 0.05) is 6.04 Å². The van der Waals surface area contributed by atoms with Crippen LogP contribution < -0.4 is 5.32 Å². The van der Waals surface area contributed by atoms with Crippen molar-refractivity contribution < 1.29 is 0 Å². The molecule has 0 radical (unpaired) electrons. The fourth-order valence-electron chi connectivity index (χ4n) is 2.88. The summed E-state index contributed by atoms with van der Waals surface area (Å²) in [4.78, 5) is 0. The fraction of sp³-hybridized carbons (Fsp3) is 0.364. The third-order valence-electron chi connectivity index (χ3n) is 4.37. The highest BCUT2D eigenvalue weighted by atomic mass is 14.9. The van der Waals surface area contributed by atoms with Crippen LogP contribution in [-0.4, -0.2) is 6.04 Å². The number of allylic oxidation sites excluding steroid dienone is 5. The van der Waals surface area contributed by atoms with Crippen molar-refractivity contribution >= 4 is 5.57 Å². The van der Waals surface area contributed by atoms with Crippen LogP contribution in [0.3, 0.4) is 0 Å². The van der Waals surface area contributed by atoms with Crippen molar-refractivity contribution in [3.8, 4) is 0 Å². The molecule has 0 aromatic heterocycles. The number of aryl methyl sites for hydroxylation is 1. The van der Waals surface area contributed by atoms with Gasteiger partial charge in [-0.2, -0.15) is 0 Å². The average molecular weight is 307 g/mol. The maximum absolute atomic E-state index is 4.07. The van der Waals surface area contributed by atoms with Gasteiger partial charge in [-0.1, -0.05) is 64.6 Å².